The lowest BCUT2D eigenvalue weighted by atomic mass is 10.1. The molecule has 0 fully saturated rings. The monoisotopic (exact) mass is 497 g/mol. The Bertz CT molecular complexity index is 1420. The molecule has 0 unspecified atom stereocenters. The second-order valence-electron chi connectivity index (χ2n) is 8.60. The zero-order valence-corrected chi connectivity index (χ0v) is 20.5. The van der Waals surface area contributed by atoms with Crippen molar-refractivity contribution in [3.8, 4) is 17.0 Å². The number of aromatic nitrogens is 5. The fraction of sp³-hybridized carbons (Fsp3) is 0.261. The van der Waals surface area contributed by atoms with Gasteiger partial charge in [0, 0.05) is 36.2 Å². The third-order valence-corrected chi connectivity index (χ3v) is 4.97. The van der Waals surface area contributed by atoms with Gasteiger partial charge >= 0.3 is 6.09 Å². The van der Waals surface area contributed by atoms with Crippen LogP contribution in [0.3, 0.4) is 0 Å². The van der Waals surface area contributed by atoms with Crippen molar-refractivity contribution in [3.05, 3.63) is 53.4 Å². The number of amides is 2. The second kappa shape index (κ2) is 9.26. The van der Waals surface area contributed by atoms with Crippen molar-refractivity contribution in [3.63, 3.8) is 0 Å². The number of nitrogens with one attached hydrogen (secondary N) is 2. The first kappa shape index (κ1) is 24.0. The number of halogens is 1. The molecule has 0 bridgehead atoms. The highest BCUT2D eigenvalue weighted by Crippen LogP contribution is 2.36. The Hall–Kier alpha value is -4.12. The van der Waals surface area contributed by atoms with Gasteiger partial charge in [0.05, 0.1) is 12.8 Å². The maximum atomic E-state index is 13.5. The minimum atomic E-state index is -0.749. The molecule has 182 valence electrons. The van der Waals surface area contributed by atoms with Crippen molar-refractivity contribution >= 4 is 40.8 Å². The van der Waals surface area contributed by atoms with Crippen LogP contribution in [-0.2, 0) is 11.8 Å². The summed E-state index contributed by atoms with van der Waals surface area (Å²) in [5.41, 5.74) is 1.03. The highest BCUT2D eigenvalue weighted by molar-refractivity contribution is 6.31. The van der Waals surface area contributed by atoms with Gasteiger partial charge in [0.2, 0.25) is 0 Å². The quantitative estimate of drug-likeness (QED) is 0.419. The number of carbonyl (C=O) groups excluding carboxylic acids is 2. The Morgan fingerprint density at radius 3 is 2.63 bits per heavy atom. The van der Waals surface area contributed by atoms with Crippen molar-refractivity contribution in [1.82, 2.24) is 24.4 Å². The van der Waals surface area contributed by atoms with E-state index in [-0.39, 0.29) is 17.0 Å². The van der Waals surface area contributed by atoms with Gasteiger partial charge in [0.25, 0.3) is 5.91 Å². The molecule has 0 aliphatic heterocycles. The van der Waals surface area contributed by atoms with Crippen LogP contribution < -0.4 is 15.4 Å². The van der Waals surface area contributed by atoms with Crippen LogP contribution in [0.25, 0.3) is 16.9 Å². The molecule has 2 N–H and O–H groups in total. The zero-order valence-electron chi connectivity index (χ0n) is 19.8. The number of nitrogens with zero attached hydrogens (tertiary/aromatic N) is 5. The number of rotatable bonds is 5. The minimum absolute atomic E-state index is 0.00114. The molecular formula is C23H24ClN7O4. The SMILES string of the molecule is COc1ccc(Cl)cc1-c1nn(C)cc1NC(=O)c1c(NC(=O)OC(C)(C)C)nn2cccnc12. The molecule has 0 saturated carbocycles. The summed E-state index contributed by atoms with van der Waals surface area (Å²) in [6.07, 6.45) is 4.04. The third-order valence-electron chi connectivity index (χ3n) is 4.74. The molecule has 3 heterocycles. The number of ether oxygens (including phenoxy) is 2. The Morgan fingerprint density at radius 1 is 1.14 bits per heavy atom. The summed E-state index contributed by atoms with van der Waals surface area (Å²) < 4.78 is 13.7. The van der Waals surface area contributed by atoms with E-state index in [1.165, 1.54) is 17.8 Å². The molecule has 0 aliphatic rings. The van der Waals surface area contributed by atoms with Crippen molar-refractivity contribution in [2.24, 2.45) is 7.05 Å². The van der Waals surface area contributed by atoms with E-state index in [1.54, 1.807) is 69.2 Å². The average molecular weight is 498 g/mol. The molecule has 0 aliphatic carbocycles. The fourth-order valence-electron chi connectivity index (χ4n) is 3.41. The smallest absolute Gasteiger partial charge is 0.413 e. The van der Waals surface area contributed by atoms with Gasteiger partial charge in [-0.2, -0.15) is 5.10 Å². The number of anilines is 2. The summed E-state index contributed by atoms with van der Waals surface area (Å²) in [4.78, 5) is 30.2. The number of carbonyl (C=O) groups is 2. The standard InChI is InChI=1S/C23H24ClN7O4/c1-23(2,3)35-22(33)27-19-17(20-25-9-6-10-31(20)29-19)21(32)26-15-12-30(4)28-18(15)14-11-13(24)7-8-16(14)34-5/h6-12H,1-5H3,(H,26,32)(H,27,29,33). The van der Waals surface area contributed by atoms with Crippen molar-refractivity contribution in [1.29, 1.82) is 0 Å². The lowest BCUT2D eigenvalue weighted by Crippen LogP contribution is -2.28. The summed E-state index contributed by atoms with van der Waals surface area (Å²) in [5, 5.41) is 14.7. The molecule has 12 heteroatoms. The Labute approximate surface area is 206 Å². The van der Waals surface area contributed by atoms with Crippen LogP contribution in [0.5, 0.6) is 5.75 Å². The number of hydrogen-bond acceptors (Lipinski definition) is 7. The predicted molar refractivity (Wildman–Crippen MR) is 131 cm³/mol. The Morgan fingerprint density at radius 2 is 1.91 bits per heavy atom. The van der Waals surface area contributed by atoms with Crippen LogP contribution in [-0.4, -0.2) is 49.1 Å². The summed E-state index contributed by atoms with van der Waals surface area (Å²) in [6.45, 7) is 5.21. The lowest BCUT2D eigenvalue weighted by Gasteiger charge is -2.19. The summed E-state index contributed by atoms with van der Waals surface area (Å²) in [7, 11) is 3.26. The normalized spacial score (nSPS) is 11.4. The maximum Gasteiger partial charge on any atom is 0.413 e. The van der Waals surface area contributed by atoms with Gasteiger partial charge < -0.3 is 14.8 Å². The number of benzene rings is 1. The number of hydrogen-bond donors (Lipinski definition) is 2. The van der Waals surface area contributed by atoms with E-state index >= 15 is 0 Å². The van der Waals surface area contributed by atoms with Gasteiger partial charge in [-0.05, 0) is 45.0 Å². The number of aryl methyl sites for hydroxylation is 1. The van der Waals surface area contributed by atoms with Crippen LogP contribution in [0.4, 0.5) is 16.3 Å². The largest absolute Gasteiger partial charge is 0.496 e. The van der Waals surface area contributed by atoms with Gasteiger partial charge in [-0.1, -0.05) is 11.6 Å². The first-order chi connectivity index (χ1) is 16.6. The molecular weight excluding hydrogens is 474 g/mol. The van der Waals surface area contributed by atoms with E-state index in [4.69, 9.17) is 21.1 Å². The van der Waals surface area contributed by atoms with E-state index in [0.717, 1.165) is 0 Å². The molecule has 0 atom stereocenters. The Kier molecular flexibility index (Phi) is 6.35. The highest BCUT2D eigenvalue weighted by atomic mass is 35.5. The second-order valence-corrected chi connectivity index (χ2v) is 9.04. The molecule has 4 rings (SSSR count). The summed E-state index contributed by atoms with van der Waals surface area (Å²) >= 11 is 6.20. The summed E-state index contributed by atoms with van der Waals surface area (Å²) in [5.74, 6) is -0.0187. The molecule has 0 radical (unpaired) electrons. The van der Waals surface area contributed by atoms with Gasteiger partial charge in [0.1, 0.15) is 22.6 Å². The van der Waals surface area contributed by atoms with Crippen LogP contribution in [0.2, 0.25) is 5.02 Å². The van der Waals surface area contributed by atoms with E-state index in [9.17, 15) is 9.59 Å². The first-order valence-corrected chi connectivity index (χ1v) is 11.0. The molecule has 3 aromatic heterocycles. The lowest BCUT2D eigenvalue weighted by molar-refractivity contribution is 0.0635. The zero-order chi connectivity index (χ0) is 25.3. The molecule has 0 spiro atoms. The number of fused-ring (bicyclic) bond motifs is 1. The summed E-state index contributed by atoms with van der Waals surface area (Å²) in [6, 6.07) is 6.77. The highest BCUT2D eigenvalue weighted by Gasteiger charge is 2.26. The molecule has 4 aromatic rings. The fourth-order valence-corrected chi connectivity index (χ4v) is 3.58. The maximum absolute atomic E-state index is 13.5. The van der Waals surface area contributed by atoms with Gasteiger partial charge in [-0.25, -0.2) is 14.3 Å². The van der Waals surface area contributed by atoms with Crippen molar-refractivity contribution < 1.29 is 19.1 Å². The molecule has 35 heavy (non-hydrogen) atoms. The topological polar surface area (TPSA) is 125 Å². The van der Waals surface area contributed by atoms with Crippen LogP contribution >= 0.6 is 11.6 Å². The van der Waals surface area contributed by atoms with Crippen LogP contribution in [0.15, 0.2) is 42.9 Å². The average Bonchev–Trinajstić information content (AvgIpc) is 3.31. The van der Waals surface area contributed by atoms with E-state index in [0.29, 0.717) is 27.7 Å². The first-order valence-electron chi connectivity index (χ1n) is 10.6. The molecule has 0 saturated heterocycles. The van der Waals surface area contributed by atoms with Gasteiger partial charge in [-0.3, -0.25) is 14.8 Å². The van der Waals surface area contributed by atoms with E-state index in [1.807, 2.05) is 0 Å². The van der Waals surface area contributed by atoms with E-state index < -0.39 is 17.6 Å². The van der Waals surface area contributed by atoms with E-state index in [2.05, 4.69) is 25.8 Å². The predicted octanol–water partition coefficient (Wildman–Crippen LogP) is 4.39. The third kappa shape index (κ3) is 5.19. The molecule has 1 aromatic carbocycles. The minimum Gasteiger partial charge on any atom is -0.496 e. The van der Waals surface area contributed by atoms with Gasteiger partial charge in [-0.15, -0.1) is 5.10 Å². The van der Waals surface area contributed by atoms with Crippen LogP contribution in [0.1, 0.15) is 31.1 Å². The Balaban J connectivity index is 1.73. The molecule has 2 amide bonds. The number of methoxy groups -OCH3 is 1. The van der Waals surface area contributed by atoms with Crippen molar-refractivity contribution in [2.45, 2.75) is 26.4 Å². The van der Waals surface area contributed by atoms with Crippen molar-refractivity contribution in [2.75, 3.05) is 17.7 Å². The molecule has 11 nitrogen and oxygen atoms in total. The van der Waals surface area contributed by atoms with Crippen LogP contribution in [0, 0.1) is 0 Å². The van der Waals surface area contributed by atoms with Gasteiger partial charge in [0.15, 0.2) is 11.5 Å².